The third kappa shape index (κ3) is 2.51. The largest absolute Gasteiger partial charge is 0.464 e. The fourth-order valence-corrected chi connectivity index (χ4v) is 1.79. The normalized spacial score (nSPS) is 14.9. The van der Waals surface area contributed by atoms with Gasteiger partial charge in [-0.05, 0) is 24.1 Å². The van der Waals surface area contributed by atoms with Crippen molar-refractivity contribution in [2.45, 2.75) is 12.1 Å². The van der Waals surface area contributed by atoms with Gasteiger partial charge in [-0.1, -0.05) is 12.1 Å². The highest BCUT2D eigenvalue weighted by Gasteiger charge is 2.20. The van der Waals surface area contributed by atoms with Crippen LogP contribution in [-0.4, -0.2) is 32.1 Å². The molecule has 3 nitrogen and oxygen atoms in total. The van der Waals surface area contributed by atoms with Crippen molar-refractivity contribution in [1.29, 1.82) is 0 Å². The first kappa shape index (κ1) is 12.1. The average molecular weight is 233 g/mol. The lowest BCUT2D eigenvalue weighted by Crippen LogP contribution is -2.37. The number of fused-ring (bicyclic) bond motifs is 1. The summed E-state index contributed by atoms with van der Waals surface area (Å²) in [6, 6.07) is 6.42. The molecule has 2 atom stereocenters. The molecule has 2 aromatic rings. The molecule has 0 aliphatic carbocycles. The summed E-state index contributed by atoms with van der Waals surface area (Å²) < 4.78 is 18.0. The summed E-state index contributed by atoms with van der Waals surface area (Å²) in [4.78, 5) is 0. The molecule has 0 fully saturated rings. The number of rotatable bonds is 5. The van der Waals surface area contributed by atoms with Gasteiger partial charge in [0, 0.05) is 5.39 Å². The molecule has 2 unspecified atom stereocenters. The van der Waals surface area contributed by atoms with E-state index >= 15 is 0 Å². The molecule has 1 aromatic carbocycles. The topological polar surface area (TPSA) is 45.4 Å². The predicted octanol–water partition coefficient (Wildman–Crippen LogP) is 1.52. The van der Waals surface area contributed by atoms with Crippen LogP contribution in [0.5, 0.6) is 0 Å². The predicted molar refractivity (Wildman–Crippen MR) is 64.7 cm³/mol. The maximum atomic E-state index is 12.7. The first-order chi connectivity index (χ1) is 8.26. The molecule has 0 saturated carbocycles. The summed E-state index contributed by atoms with van der Waals surface area (Å²) in [5, 5.41) is 13.7. The Labute approximate surface area is 100 Å². The lowest BCUT2D eigenvalue weighted by atomic mass is 10.0. The lowest BCUT2D eigenvalue weighted by Gasteiger charge is -2.21. The number of furan rings is 1. The maximum Gasteiger partial charge on any atom is 0.134 e. The molecule has 1 heterocycles. The van der Waals surface area contributed by atoms with Crippen molar-refractivity contribution < 1.29 is 13.9 Å². The van der Waals surface area contributed by atoms with Gasteiger partial charge in [0.25, 0.3) is 0 Å². The quantitative estimate of drug-likeness (QED) is 0.769. The zero-order valence-corrected chi connectivity index (χ0v) is 9.27. The summed E-state index contributed by atoms with van der Waals surface area (Å²) in [5.41, 5.74) is 1.28. The van der Waals surface area contributed by atoms with Gasteiger partial charge >= 0.3 is 0 Å². The first-order valence-electron chi connectivity index (χ1n) is 5.41. The van der Waals surface area contributed by atoms with Crippen LogP contribution in [0, 0.1) is 0 Å². The SMILES string of the molecule is [B]CNC(CF)C(O)c1ccc2ccoc2c1. The second-order valence-corrected chi connectivity index (χ2v) is 3.83. The van der Waals surface area contributed by atoms with Gasteiger partial charge in [0.05, 0.1) is 26.3 Å². The zero-order valence-electron chi connectivity index (χ0n) is 9.27. The number of hydrogen-bond donors (Lipinski definition) is 2. The number of aliphatic hydroxyl groups excluding tert-OH is 1. The third-order valence-corrected chi connectivity index (χ3v) is 2.75. The van der Waals surface area contributed by atoms with Crippen molar-refractivity contribution in [2.75, 3.05) is 13.1 Å². The van der Waals surface area contributed by atoms with Gasteiger partial charge in [0.1, 0.15) is 12.3 Å². The number of aliphatic hydroxyl groups is 1. The summed E-state index contributed by atoms with van der Waals surface area (Å²) in [5.74, 6) is 0. The standard InChI is InChI=1S/C12H13BFNO2/c13-7-15-10(6-14)12(16)9-2-1-8-3-4-17-11(8)5-9/h1-5,10,12,15-16H,6-7H2. The van der Waals surface area contributed by atoms with E-state index in [0.717, 1.165) is 5.39 Å². The van der Waals surface area contributed by atoms with Crippen LogP contribution < -0.4 is 5.32 Å². The van der Waals surface area contributed by atoms with E-state index in [1.165, 1.54) is 0 Å². The van der Waals surface area contributed by atoms with Crippen molar-refractivity contribution in [3.05, 3.63) is 36.1 Å². The van der Waals surface area contributed by atoms with Crippen LogP contribution in [0.2, 0.25) is 0 Å². The third-order valence-electron chi connectivity index (χ3n) is 2.75. The van der Waals surface area contributed by atoms with Crippen molar-refractivity contribution in [2.24, 2.45) is 0 Å². The van der Waals surface area contributed by atoms with Gasteiger partial charge in [0.15, 0.2) is 0 Å². The van der Waals surface area contributed by atoms with Crippen LogP contribution >= 0.6 is 0 Å². The molecule has 1 aromatic heterocycles. The zero-order chi connectivity index (χ0) is 12.3. The highest BCUT2D eigenvalue weighted by Crippen LogP contribution is 2.23. The Morgan fingerprint density at radius 1 is 1.41 bits per heavy atom. The minimum atomic E-state index is -0.946. The molecular weight excluding hydrogens is 220 g/mol. The number of hydrogen-bond acceptors (Lipinski definition) is 3. The van der Waals surface area contributed by atoms with Crippen LogP contribution in [0.1, 0.15) is 11.7 Å². The highest BCUT2D eigenvalue weighted by atomic mass is 19.1. The molecule has 2 N–H and O–H groups in total. The number of nitrogens with one attached hydrogen (secondary N) is 1. The number of alkyl halides is 1. The van der Waals surface area contributed by atoms with Gasteiger partial charge in [-0.15, -0.1) is 0 Å². The van der Waals surface area contributed by atoms with E-state index in [-0.39, 0.29) is 6.44 Å². The molecule has 0 amide bonds. The Morgan fingerprint density at radius 2 is 2.24 bits per heavy atom. The van der Waals surface area contributed by atoms with Gasteiger partial charge in [0.2, 0.25) is 0 Å². The van der Waals surface area contributed by atoms with Crippen molar-refractivity contribution in [1.82, 2.24) is 5.32 Å². The monoisotopic (exact) mass is 233 g/mol. The second kappa shape index (κ2) is 5.34. The Balaban J connectivity index is 2.24. The Morgan fingerprint density at radius 3 is 2.94 bits per heavy atom. The molecule has 88 valence electrons. The highest BCUT2D eigenvalue weighted by molar-refractivity contribution is 6.08. The van der Waals surface area contributed by atoms with Crippen LogP contribution in [0.3, 0.4) is 0 Å². The van der Waals surface area contributed by atoms with Crippen LogP contribution in [0.15, 0.2) is 34.9 Å². The van der Waals surface area contributed by atoms with Crippen LogP contribution in [-0.2, 0) is 0 Å². The van der Waals surface area contributed by atoms with Crippen LogP contribution in [0.4, 0.5) is 4.39 Å². The molecular formula is C12H13BFNO2. The molecule has 0 aliphatic heterocycles. The molecule has 0 spiro atoms. The van der Waals surface area contributed by atoms with E-state index in [0.29, 0.717) is 11.1 Å². The summed E-state index contributed by atoms with van der Waals surface area (Å²) >= 11 is 0. The second-order valence-electron chi connectivity index (χ2n) is 3.83. The fraction of sp³-hybridized carbons (Fsp3) is 0.333. The summed E-state index contributed by atoms with van der Waals surface area (Å²) in [6.07, 6.45) is 0.748. The average Bonchev–Trinajstić information content (AvgIpc) is 2.82. The van der Waals surface area contributed by atoms with Crippen molar-refractivity contribution in [3.63, 3.8) is 0 Å². The van der Waals surface area contributed by atoms with Gasteiger partial charge in [-0.2, -0.15) is 0 Å². The lowest BCUT2D eigenvalue weighted by molar-refractivity contribution is 0.116. The van der Waals surface area contributed by atoms with Gasteiger partial charge in [-0.25, -0.2) is 4.39 Å². The summed E-state index contributed by atoms with van der Waals surface area (Å²) in [7, 11) is 5.29. The van der Waals surface area contributed by atoms with E-state index in [9.17, 15) is 9.50 Å². The van der Waals surface area contributed by atoms with E-state index in [1.54, 1.807) is 18.4 Å². The van der Waals surface area contributed by atoms with Gasteiger partial charge in [-0.3, -0.25) is 0 Å². The van der Waals surface area contributed by atoms with E-state index < -0.39 is 18.8 Å². The van der Waals surface area contributed by atoms with E-state index in [2.05, 4.69) is 5.32 Å². The smallest absolute Gasteiger partial charge is 0.134 e. The summed E-state index contributed by atoms with van der Waals surface area (Å²) in [6.45, 7) is -0.686. The molecule has 0 saturated heterocycles. The molecule has 2 rings (SSSR count). The van der Waals surface area contributed by atoms with E-state index in [4.69, 9.17) is 12.3 Å². The molecule has 5 heteroatoms. The number of benzene rings is 1. The van der Waals surface area contributed by atoms with Crippen molar-refractivity contribution in [3.8, 4) is 0 Å². The molecule has 2 radical (unpaired) electrons. The Hall–Kier alpha value is -1.33. The first-order valence-corrected chi connectivity index (χ1v) is 5.41. The Bertz CT molecular complexity index is 488. The van der Waals surface area contributed by atoms with E-state index in [1.807, 2.05) is 12.1 Å². The minimum absolute atomic E-state index is 0.120. The molecule has 0 aliphatic rings. The molecule has 0 bridgehead atoms. The van der Waals surface area contributed by atoms with Crippen LogP contribution in [0.25, 0.3) is 11.0 Å². The number of halogens is 1. The fourth-order valence-electron chi connectivity index (χ4n) is 1.79. The van der Waals surface area contributed by atoms with Crippen molar-refractivity contribution >= 4 is 18.8 Å². The Kier molecular flexibility index (Phi) is 3.81. The maximum absolute atomic E-state index is 12.7. The van der Waals surface area contributed by atoms with Gasteiger partial charge < -0.3 is 14.8 Å². The molecule has 17 heavy (non-hydrogen) atoms. The minimum Gasteiger partial charge on any atom is -0.464 e.